The summed E-state index contributed by atoms with van der Waals surface area (Å²) in [6.07, 6.45) is 0. The Bertz CT molecular complexity index is 1240. The van der Waals surface area contributed by atoms with Gasteiger partial charge in [-0.25, -0.2) is 0 Å². The van der Waals surface area contributed by atoms with E-state index >= 15 is 0 Å². The molecule has 2 N–H and O–H groups in total. The Balaban J connectivity index is 1.52. The Morgan fingerprint density at radius 2 is 1.79 bits per heavy atom. The smallest absolute Gasteiger partial charge is 0.358 e. The third-order valence-electron chi connectivity index (χ3n) is 4.28. The van der Waals surface area contributed by atoms with Crippen LogP contribution in [0.1, 0.15) is 32.6 Å². The van der Waals surface area contributed by atoms with Gasteiger partial charge in [-0.05, 0) is 33.8 Å². The van der Waals surface area contributed by atoms with E-state index in [1.807, 2.05) is 0 Å². The lowest BCUT2D eigenvalue weighted by Crippen LogP contribution is -2.35. The fraction of sp³-hybridized carbons (Fsp3) is 0.235. The number of hydrogen-bond donors (Lipinski definition) is 2. The molecule has 15 nitrogen and oxygen atoms in total. The van der Waals surface area contributed by atoms with Crippen molar-refractivity contribution < 1.29 is 24.0 Å². The summed E-state index contributed by atoms with van der Waals surface area (Å²) < 4.78 is 6.39. The highest BCUT2D eigenvalue weighted by Gasteiger charge is 2.25. The average molecular weight is 523 g/mol. The normalized spacial score (nSPS) is 10.6. The van der Waals surface area contributed by atoms with E-state index in [0.717, 1.165) is 0 Å². The van der Waals surface area contributed by atoms with Crippen LogP contribution in [0.3, 0.4) is 0 Å². The molecule has 3 rings (SSSR count). The summed E-state index contributed by atoms with van der Waals surface area (Å²) in [6.45, 7) is 1.51. The molecule has 2 amide bonds. The van der Waals surface area contributed by atoms with E-state index in [1.54, 1.807) is 6.92 Å². The van der Waals surface area contributed by atoms with Crippen LogP contribution in [0.5, 0.6) is 0 Å². The van der Waals surface area contributed by atoms with E-state index in [0.29, 0.717) is 5.69 Å². The van der Waals surface area contributed by atoms with Gasteiger partial charge in [0, 0.05) is 19.2 Å². The Morgan fingerprint density at radius 3 is 2.42 bits per heavy atom. The minimum Gasteiger partial charge on any atom is -0.358 e. The molecule has 16 heteroatoms. The summed E-state index contributed by atoms with van der Waals surface area (Å²) >= 11 is 3.10. The van der Waals surface area contributed by atoms with Crippen LogP contribution in [0.25, 0.3) is 0 Å². The highest BCUT2D eigenvalue weighted by Crippen LogP contribution is 2.27. The number of nitro benzene ring substituents is 1. The third kappa shape index (κ3) is 5.35. The first-order chi connectivity index (χ1) is 15.7. The largest absolute Gasteiger partial charge is 0.404 e. The number of aromatic nitrogens is 4. The van der Waals surface area contributed by atoms with E-state index < -0.39 is 21.7 Å². The molecule has 0 saturated heterocycles. The number of nitro groups is 2. The lowest BCUT2D eigenvalue weighted by molar-refractivity contribution is -0.390. The Labute approximate surface area is 192 Å². The number of halogens is 1. The number of rotatable bonds is 9. The Kier molecular flexibility index (Phi) is 7.07. The van der Waals surface area contributed by atoms with Gasteiger partial charge in [-0.3, -0.25) is 19.7 Å². The van der Waals surface area contributed by atoms with E-state index in [4.69, 9.17) is 4.52 Å². The SMILES string of the molecule is Cc1c(Br)c([N+](=O)[O-])nn1Cc1noc(C(=O)NCCNC(=O)c2ccccc2[N+](=O)[O-])n1. The number of nitrogens with one attached hydrogen (secondary N) is 2. The zero-order valence-electron chi connectivity index (χ0n) is 16.8. The topological polar surface area (TPSA) is 201 Å². The van der Waals surface area contributed by atoms with E-state index in [2.05, 4.69) is 41.8 Å². The lowest BCUT2D eigenvalue weighted by atomic mass is 10.1. The third-order valence-corrected chi connectivity index (χ3v) is 5.21. The number of para-hydroxylation sites is 1. The first kappa shape index (κ1) is 23.5. The van der Waals surface area contributed by atoms with Crippen molar-refractivity contribution in [2.24, 2.45) is 0 Å². The fourth-order valence-corrected chi connectivity index (χ4v) is 3.10. The molecule has 0 fully saturated rings. The van der Waals surface area contributed by atoms with Crippen molar-refractivity contribution in [2.75, 3.05) is 13.1 Å². The van der Waals surface area contributed by atoms with Crippen molar-refractivity contribution in [3.8, 4) is 0 Å². The van der Waals surface area contributed by atoms with Gasteiger partial charge in [0.15, 0.2) is 5.82 Å². The molecule has 0 unspecified atom stereocenters. The van der Waals surface area contributed by atoms with Crippen molar-refractivity contribution in [3.63, 3.8) is 0 Å². The molecule has 2 heterocycles. The van der Waals surface area contributed by atoms with Gasteiger partial charge >= 0.3 is 17.6 Å². The zero-order chi connectivity index (χ0) is 24.1. The summed E-state index contributed by atoms with van der Waals surface area (Å²) in [4.78, 5) is 48.9. The van der Waals surface area contributed by atoms with Gasteiger partial charge in [0.2, 0.25) is 0 Å². The standard InChI is InChI=1S/C17H15BrN8O7/c1-9-13(18)14(26(31)32)22-24(9)8-12-21-17(33-23-12)16(28)20-7-6-19-15(27)10-4-2-3-5-11(10)25(29)30/h2-5H,6-8H2,1H3,(H,19,27)(H,20,28). The molecule has 0 atom stereocenters. The van der Waals surface area contributed by atoms with Crippen molar-refractivity contribution in [1.82, 2.24) is 30.6 Å². The average Bonchev–Trinajstić information content (AvgIpc) is 3.37. The molecule has 1 aromatic carbocycles. The molecule has 0 aliphatic rings. The minimum absolute atomic E-state index is 0.0121. The number of benzene rings is 1. The molecular weight excluding hydrogens is 508 g/mol. The fourth-order valence-electron chi connectivity index (χ4n) is 2.67. The molecule has 0 spiro atoms. The maximum absolute atomic E-state index is 12.2. The molecule has 2 aromatic heterocycles. The van der Waals surface area contributed by atoms with Crippen molar-refractivity contribution in [2.45, 2.75) is 13.5 Å². The summed E-state index contributed by atoms with van der Waals surface area (Å²) in [5, 5.41) is 34.4. The Morgan fingerprint density at radius 1 is 1.12 bits per heavy atom. The van der Waals surface area contributed by atoms with Crippen molar-refractivity contribution >= 4 is 39.2 Å². The van der Waals surface area contributed by atoms with Gasteiger partial charge in [-0.1, -0.05) is 17.3 Å². The maximum Gasteiger partial charge on any atom is 0.404 e. The Hall–Kier alpha value is -4.21. The number of hydrogen-bond acceptors (Lipinski definition) is 10. The van der Waals surface area contributed by atoms with Gasteiger partial charge in [-0.15, -0.1) is 0 Å². The van der Waals surface area contributed by atoms with Crippen LogP contribution in [0.15, 0.2) is 33.3 Å². The molecule has 3 aromatic rings. The minimum atomic E-state index is -0.710. The first-order valence-electron chi connectivity index (χ1n) is 9.18. The summed E-state index contributed by atoms with van der Waals surface area (Å²) in [7, 11) is 0. The van der Waals surface area contributed by atoms with Crippen LogP contribution in [0.4, 0.5) is 11.5 Å². The van der Waals surface area contributed by atoms with Gasteiger partial charge in [0.1, 0.15) is 16.6 Å². The van der Waals surface area contributed by atoms with Gasteiger partial charge in [-0.2, -0.15) is 9.67 Å². The molecule has 0 radical (unpaired) electrons. The molecule has 0 saturated carbocycles. The summed E-state index contributed by atoms with van der Waals surface area (Å²) in [5.74, 6) is -2.02. The van der Waals surface area contributed by atoms with Gasteiger partial charge in [0.25, 0.3) is 11.6 Å². The second-order valence-electron chi connectivity index (χ2n) is 6.44. The zero-order valence-corrected chi connectivity index (χ0v) is 18.4. The lowest BCUT2D eigenvalue weighted by Gasteiger charge is -2.06. The number of carbonyl (C=O) groups excluding carboxylic acids is 2. The maximum atomic E-state index is 12.2. The van der Waals surface area contributed by atoms with Crippen LogP contribution in [0, 0.1) is 27.2 Å². The van der Waals surface area contributed by atoms with Crippen LogP contribution in [-0.2, 0) is 6.54 Å². The number of carbonyl (C=O) groups is 2. The van der Waals surface area contributed by atoms with Crippen LogP contribution >= 0.6 is 15.9 Å². The summed E-state index contributed by atoms with van der Waals surface area (Å²) in [5.41, 5.74) is 0.0326. The second kappa shape index (κ2) is 9.94. The van der Waals surface area contributed by atoms with E-state index in [9.17, 15) is 29.8 Å². The van der Waals surface area contributed by atoms with Crippen LogP contribution < -0.4 is 10.6 Å². The first-order valence-corrected chi connectivity index (χ1v) is 9.98. The van der Waals surface area contributed by atoms with Crippen molar-refractivity contribution in [1.29, 1.82) is 0 Å². The summed E-state index contributed by atoms with van der Waals surface area (Å²) in [6, 6.07) is 5.48. The van der Waals surface area contributed by atoms with Crippen LogP contribution in [-0.4, -0.2) is 54.7 Å². The monoisotopic (exact) mass is 522 g/mol. The molecule has 172 valence electrons. The second-order valence-corrected chi connectivity index (χ2v) is 7.23. The molecule has 0 aliphatic carbocycles. The van der Waals surface area contributed by atoms with Crippen molar-refractivity contribution in [3.05, 3.63) is 71.9 Å². The molecular formula is C17H15BrN8O7. The molecule has 0 bridgehead atoms. The molecule has 33 heavy (non-hydrogen) atoms. The predicted octanol–water partition coefficient (Wildman–Crippen LogP) is 1.36. The quantitative estimate of drug-likeness (QED) is 0.234. The molecule has 0 aliphatic heterocycles. The highest BCUT2D eigenvalue weighted by molar-refractivity contribution is 9.10. The highest BCUT2D eigenvalue weighted by atomic mass is 79.9. The van der Waals surface area contributed by atoms with E-state index in [-0.39, 0.29) is 52.9 Å². The number of nitrogens with zero attached hydrogens (tertiary/aromatic N) is 6. The predicted molar refractivity (Wildman–Crippen MR) is 112 cm³/mol. The van der Waals surface area contributed by atoms with Gasteiger partial charge < -0.3 is 25.3 Å². The van der Waals surface area contributed by atoms with Crippen LogP contribution in [0.2, 0.25) is 0 Å². The van der Waals surface area contributed by atoms with Gasteiger partial charge in [0.05, 0.1) is 15.7 Å². The number of amides is 2. The van der Waals surface area contributed by atoms with E-state index in [1.165, 1.54) is 28.9 Å².